The lowest BCUT2D eigenvalue weighted by molar-refractivity contribution is 0.601. The minimum atomic E-state index is -3.85. The van der Waals surface area contributed by atoms with Crippen molar-refractivity contribution < 1.29 is 8.42 Å². The van der Waals surface area contributed by atoms with Crippen LogP contribution in [0.3, 0.4) is 0 Å². The summed E-state index contributed by atoms with van der Waals surface area (Å²) in [5, 5.41) is 7.69. The summed E-state index contributed by atoms with van der Waals surface area (Å²) in [4.78, 5) is 24.9. The van der Waals surface area contributed by atoms with Gasteiger partial charge in [0.05, 0.1) is 10.6 Å². The Kier molecular flexibility index (Phi) is 5.52. The molecule has 0 bridgehead atoms. The zero-order chi connectivity index (χ0) is 21.2. The van der Waals surface area contributed by atoms with E-state index >= 15 is 0 Å². The number of nitrogens with zero attached hydrogens (tertiary/aromatic N) is 4. The van der Waals surface area contributed by atoms with Gasteiger partial charge >= 0.3 is 0 Å². The van der Waals surface area contributed by atoms with Crippen LogP contribution in [0.4, 0.5) is 23.0 Å². The van der Waals surface area contributed by atoms with Crippen LogP contribution in [0.5, 0.6) is 0 Å². The fourth-order valence-corrected chi connectivity index (χ4v) is 3.56. The van der Waals surface area contributed by atoms with E-state index in [1.54, 1.807) is 13.8 Å². The molecule has 0 saturated heterocycles. The quantitative estimate of drug-likeness (QED) is 0.354. The smallest absolute Gasteiger partial charge is 0.281 e. The second-order valence-corrected chi connectivity index (χ2v) is 8.00. The lowest BCUT2D eigenvalue weighted by atomic mass is 10.3. The number of H-pyrrole nitrogens is 2. The molecule has 11 nitrogen and oxygen atoms in total. The monoisotopic (exact) mass is 432 g/mol. The van der Waals surface area contributed by atoms with Gasteiger partial charge in [0.2, 0.25) is 0 Å². The van der Waals surface area contributed by atoms with Gasteiger partial charge in [-0.05, 0) is 50.3 Å². The number of aryl methyl sites for hydroxylation is 2. The van der Waals surface area contributed by atoms with Gasteiger partial charge in [0, 0.05) is 11.8 Å². The summed E-state index contributed by atoms with van der Waals surface area (Å²) in [6, 6.07) is 7.10. The third-order valence-corrected chi connectivity index (χ3v) is 5.14. The average molecular weight is 432 g/mol. The summed E-state index contributed by atoms with van der Waals surface area (Å²) < 4.78 is 27.5. The molecule has 29 heavy (non-hydrogen) atoms. The van der Waals surface area contributed by atoms with Crippen LogP contribution in [0.25, 0.3) is 0 Å². The van der Waals surface area contributed by atoms with Crippen molar-refractivity contribution in [2.24, 2.45) is 10.2 Å². The van der Waals surface area contributed by atoms with Gasteiger partial charge in [-0.15, -0.1) is 5.11 Å². The number of hydrogen-bond acceptors (Lipinski definition) is 9. The first-order valence-electron chi connectivity index (χ1n) is 8.13. The summed E-state index contributed by atoms with van der Waals surface area (Å²) in [7, 11) is -3.85. The maximum atomic E-state index is 12.5. The number of aromatic amines is 2. The average Bonchev–Trinajstić information content (AvgIpc) is 2.60. The minimum Gasteiger partial charge on any atom is -0.383 e. The number of rotatable bonds is 5. The minimum absolute atomic E-state index is 0.00604. The SMILES string of the molecule is Cc1cc(NS(=O)(=O)c2ccc(N=Nc3c(N)[nH]c(=S)[nH]c3=O)cc2)nc(C)n1. The predicted molar refractivity (Wildman–Crippen MR) is 110 cm³/mol. The molecule has 0 unspecified atom stereocenters. The zero-order valence-corrected chi connectivity index (χ0v) is 16.9. The molecule has 0 fully saturated rings. The molecule has 0 saturated carbocycles. The number of aromatic nitrogens is 4. The first-order chi connectivity index (χ1) is 13.6. The van der Waals surface area contributed by atoms with Crippen molar-refractivity contribution in [3.05, 3.63) is 57.0 Å². The van der Waals surface area contributed by atoms with E-state index in [0.717, 1.165) is 0 Å². The van der Waals surface area contributed by atoms with Crippen LogP contribution in [0, 0.1) is 18.6 Å². The third kappa shape index (κ3) is 4.89. The van der Waals surface area contributed by atoms with Crippen LogP contribution in [0.1, 0.15) is 11.5 Å². The van der Waals surface area contributed by atoms with Crippen molar-refractivity contribution in [1.82, 2.24) is 19.9 Å². The molecular formula is C16H16N8O3S2. The molecule has 0 radical (unpaired) electrons. The number of nitrogens with two attached hydrogens (primary N) is 1. The number of sulfonamides is 1. The Labute approximate surface area is 170 Å². The zero-order valence-electron chi connectivity index (χ0n) is 15.3. The highest BCUT2D eigenvalue weighted by Crippen LogP contribution is 2.22. The van der Waals surface area contributed by atoms with Gasteiger partial charge in [-0.1, -0.05) is 0 Å². The van der Waals surface area contributed by atoms with Gasteiger partial charge in [0.15, 0.2) is 10.5 Å². The molecule has 150 valence electrons. The maximum absolute atomic E-state index is 12.5. The van der Waals surface area contributed by atoms with E-state index < -0.39 is 15.6 Å². The summed E-state index contributed by atoms with van der Waals surface area (Å²) in [6.07, 6.45) is 0. The van der Waals surface area contributed by atoms with E-state index in [9.17, 15) is 13.2 Å². The summed E-state index contributed by atoms with van der Waals surface area (Å²) in [6.45, 7) is 3.41. The van der Waals surface area contributed by atoms with Crippen LogP contribution in [0.15, 0.2) is 50.3 Å². The Morgan fingerprint density at radius 2 is 1.79 bits per heavy atom. The molecule has 0 amide bonds. The van der Waals surface area contributed by atoms with Crippen molar-refractivity contribution in [3.63, 3.8) is 0 Å². The number of benzene rings is 1. The molecule has 0 atom stereocenters. The van der Waals surface area contributed by atoms with E-state index in [2.05, 4.69) is 34.9 Å². The summed E-state index contributed by atoms with van der Waals surface area (Å²) >= 11 is 4.80. The van der Waals surface area contributed by atoms with Crippen molar-refractivity contribution >= 4 is 45.3 Å². The number of nitrogens with one attached hydrogen (secondary N) is 3. The maximum Gasteiger partial charge on any atom is 0.281 e. The molecule has 5 N–H and O–H groups in total. The van der Waals surface area contributed by atoms with Gasteiger partial charge in [0.1, 0.15) is 17.5 Å². The second kappa shape index (κ2) is 7.89. The standard InChI is InChI=1S/C16H16N8O3S2/c1-8-7-12(19-9(2)18-8)24-29(26,27)11-5-3-10(4-6-11)22-23-13-14(17)20-16(28)21-15(13)25/h3-7H,1-2H3,(H,18,19,24)(H4,17,20,21,25,28). The number of hydrogen-bond donors (Lipinski definition) is 4. The highest BCUT2D eigenvalue weighted by Gasteiger charge is 2.15. The van der Waals surface area contributed by atoms with Gasteiger partial charge in [0.25, 0.3) is 15.6 Å². The Balaban J connectivity index is 1.82. The van der Waals surface area contributed by atoms with Crippen molar-refractivity contribution in [2.75, 3.05) is 10.5 Å². The van der Waals surface area contributed by atoms with E-state index in [0.29, 0.717) is 17.2 Å². The van der Waals surface area contributed by atoms with Crippen LogP contribution >= 0.6 is 12.2 Å². The first kappa shape index (κ1) is 20.3. The molecule has 0 aliphatic carbocycles. The van der Waals surface area contributed by atoms with Gasteiger partial charge in [-0.3, -0.25) is 14.5 Å². The number of nitrogen functional groups attached to an aromatic ring is 1. The van der Waals surface area contributed by atoms with Gasteiger partial charge in [-0.2, -0.15) is 5.11 Å². The molecule has 13 heteroatoms. The summed E-state index contributed by atoms with van der Waals surface area (Å²) in [5.41, 5.74) is 5.90. The van der Waals surface area contributed by atoms with E-state index in [4.69, 9.17) is 18.0 Å². The topological polar surface area (TPSA) is 171 Å². The molecule has 2 aromatic heterocycles. The molecule has 0 aliphatic rings. The normalized spacial score (nSPS) is 11.7. The van der Waals surface area contributed by atoms with E-state index in [-0.39, 0.29) is 27.0 Å². The Bertz CT molecular complexity index is 1290. The van der Waals surface area contributed by atoms with E-state index in [1.807, 2.05) is 0 Å². The molecule has 1 aromatic carbocycles. The largest absolute Gasteiger partial charge is 0.383 e. The number of anilines is 2. The molecule has 3 rings (SSSR count). The van der Waals surface area contributed by atoms with Crippen LogP contribution < -0.4 is 16.0 Å². The van der Waals surface area contributed by atoms with Gasteiger partial charge in [-0.25, -0.2) is 18.4 Å². The second-order valence-electron chi connectivity index (χ2n) is 5.91. The highest BCUT2D eigenvalue weighted by molar-refractivity contribution is 7.92. The Hall–Kier alpha value is -3.45. The van der Waals surface area contributed by atoms with Crippen LogP contribution in [-0.2, 0) is 10.0 Å². The van der Waals surface area contributed by atoms with Crippen molar-refractivity contribution in [2.45, 2.75) is 18.7 Å². The Morgan fingerprint density at radius 1 is 1.10 bits per heavy atom. The molecule has 3 aromatic rings. The molecule has 2 heterocycles. The molecule has 0 spiro atoms. The fourth-order valence-electron chi connectivity index (χ4n) is 2.36. The lowest BCUT2D eigenvalue weighted by Gasteiger charge is -2.08. The lowest BCUT2D eigenvalue weighted by Crippen LogP contribution is -2.14. The number of azo groups is 1. The Morgan fingerprint density at radius 3 is 2.41 bits per heavy atom. The summed E-state index contributed by atoms with van der Waals surface area (Å²) in [5.74, 6) is 0.602. The first-order valence-corrected chi connectivity index (χ1v) is 10.0. The third-order valence-electron chi connectivity index (χ3n) is 3.56. The molecule has 0 aliphatic heterocycles. The van der Waals surface area contributed by atoms with Crippen molar-refractivity contribution in [1.29, 1.82) is 0 Å². The van der Waals surface area contributed by atoms with Crippen LogP contribution in [0.2, 0.25) is 0 Å². The van der Waals surface area contributed by atoms with E-state index in [1.165, 1.54) is 30.3 Å². The molecular weight excluding hydrogens is 416 g/mol. The fraction of sp³-hybridized carbons (Fsp3) is 0.125. The van der Waals surface area contributed by atoms with Gasteiger partial charge < -0.3 is 10.7 Å². The predicted octanol–water partition coefficient (Wildman–Crippen LogP) is 2.64. The highest BCUT2D eigenvalue weighted by atomic mass is 32.2. The van der Waals surface area contributed by atoms with Crippen LogP contribution in [-0.4, -0.2) is 28.4 Å². The van der Waals surface area contributed by atoms with Crippen molar-refractivity contribution in [3.8, 4) is 0 Å².